The quantitative estimate of drug-likeness (QED) is 0.289. The lowest BCUT2D eigenvalue weighted by atomic mass is 9.96. The average molecular weight is 230 g/mol. The summed E-state index contributed by atoms with van der Waals surface area (Å²) in [5.41, 5.74) is 0. The van der Waals surface area contributed by atoms with E-state index in [1.54, 1.807) is 0 Å². The lowest BCUT2D eigenvalue weighted by Gasteiger charge is -2.31. The van der Waals surface area contributed by atoms with Gasteiger partial charge in [0.25, 0.3) is 0 Å². The molecule has 0 rings (SSSR count). The summed E-state index contributed by atoms with van der Waals surface area (Å²) < 4.78 is -0.995. The third-order valence-electron chi connectivity index (χ3n) is 1.73. The van der Waals surface area contributed by atoms with Gasteiger partial charge in [-0.3, -0.25) is 0 Å². The summed E-state index contributed by atoms with van der Waals surface area (Å²) in [4.78, 5) is 0. The second kappa shape index (κ2) is 5.62. The summed E-state index contributed by atoms with van der Waals surface area (Å²) in [5, 5.41) is 26.6. The summed E-state index contributed by atoms with van der Waals surface area (Å²) in [6.07, 6.45) is 0. The van der Waals surface area contributed by atoms with Crippen LogP contribution in [0.5, 0.6) is 0 Å². The maximum atomic E-state index is 8.93. The van der Waals surface area contributed by atoms with E-state index in [1.165, 1.54) is 0 Å². The Labute approximate surface area is 88.4 Å². The Morgan fingerprint density at radius 1 is 0.917 bits per heavy atom. The van der Waals surface area contributed by atoms with Crippen molar-refractivity contribution in [2.75, 3.05) is 19.8 Å². The van der Waals surface area contributed by atoms with Gasteiger partial charge >= 0.3 is 0 Å². The molecule has 0 saturated heterocycles. The van der Waals surface area contributed by atoms with Gasteiger partial charge in [-0.2, -0.15) is 37.9 Å². The average Bonchev–Trinajstić information content (AvgIpc) is 1.97. The fourth-order valence-corrected chi connectivity index (χ4v) is 1.78. The normalized spacial score (nSPS) is 15.2. The van der Waals surface area contributed by atoms with Crippen LogP contribution in [0.15, 0.2) is 0 Å². The van der Waals surface area contributed by atoms with Gasteiger partial charge in [0.15, 0.2) is 0 Å². The largest absolute Gasteiger partial charge is 0.396 e. The van der Waals surface area contributed by atoms with Crippen LogP contribution in [0.4, 0.5) is 0 Å². The summed E-state index contributed by atoms with van der Waals surface area (Å²) in [6.45, 7) is -0.654. The van der Waals surface area contributed by atoms with Crippen molar-refractivity contribution in [1.29, 1.82) is 0 Å². The van der Waals surface area contributed by atoms with Crippen molar-refractivity contribution in [3.05, 3.63) is 0 Å². The summed E-state index contributed by atoms with van der Waals surface area (Å²) in [6, 6.07) is 0. The lowest BCUT2D eigenvalue weighted by Crippen LogP contribution is -2.35. The molecule has 0 bridgehead atoms. The molecule has 0 heterocycles. The highest BCUT2D eigenvalue weighted by Crippen LogP contribution is 2.37. The minimum atomic E-state index is -0.995. The summed E-state index contributed by atoms with van der Waals surface area (Å²) in [5.74, 6) is -0.898. The molecule has 0 aromatic carbocycles. The highest BCUT2D eigenvalue weighted by Gasteiger charge is 2.33. The molecule has 0 aliphatic carbocycles. The molecule has 0 aliphatic heterocycles. The first-order valence-electron chi connectivity index (χ1n) is 3.47. The molecule has 0 aromatic heterocycles. The Kier molecular flexibility index (Phi) is 6.05. The topological polar surface area (TPSA) is 60.7 Å². The minimum Gasteiger partial charge on any atom is -0.396 e. The summed E-state index contributed by atoms with van der Waals surface area (Å²) >= 11 is 12.1. The van der Waals surface area contributed by atoms with Gasteiger partial charge in [0.05, 0.1) is 0 Å². The molecule has 12 heavy (non-hydrogen) atoms. The molecular formula is C6H14O3S3. The van der Waals surface area contributed by atoms with Crippen molar-refractivity contribution in [2.24, 2.45) is 11.8 Å². The number of aliphatic hydroxyl groups is 3. The smallest absolute Gasteiger partial charge is 0.104 e. The summed E-state index contributed by atoms with van der Waals surface area (Å²) in [7, 11) is 0. The molecule has 0 aromatic rings. The molecule has 3 nitrogen and oxygen atoms in total. The molecule has 0 radical (unpaired) electrons. The number of hydrogen-bond donors (Lipinski definition) is 6. The van der Waals surface area contributed by atoms with E-state index in [9.17, 15) is 0 Å². The van der Waals surface area contributed by atoms with E-state index in [1.807, 2.05) is 0 Å². The van der Waals surface area contributed by atoms with Crippen LogP contribution in [0.2, 0.25) is 0 Å². The zero-order valence-corrected chi connectivity index (χ0v) is 9.14. The van der Waals surface area contributed by atoms with E-state index in [0.717, 1.165) is 0 Å². The molecule has 6 heteroatoms. The zero-order valence-electron chi connectivity index (χ0n) is 6.46. The van der Waals surface area contributed by atoms with Crippen LogP contribution < -0.4 is 0 Å². The van der Waals surface area contributed by atoms with Crippen LogP contribution in [-0.4, -0.2) is 38.6 Å². The molecule has 1 unspecified atom stereocenters. The van der Waals surface area contributed by atoms with Crippen molar-refractivity contribution >= 4 is 37.9 Å². The first kappa shape index (κ1) is 12.9. The fraction of sp³-hybridized carbons (Fsp3) is 1.00. The number of aliphatic hydroxyl groups excluding tert-OH is 3. The van der Waals surface area contributed by atoms with Gasteiger partial charge in [-0.1, -0.05) is 0 Å². The minimum absolute atomic E-state index is 0.217. The predicted molar refractivity (Wildman–Crippen MR) is 57.9 cm³/mol. The van der Waals surface area contributed by atoms with Crippen molar-refractivity contribution in [3.63, 3.8) is 0 Å². The Morgan fingerprint density at radius 2 is 1.33 bits per heavy atom. The maximum Gasteiger partial charge on any atom is 0.104 e. The highest BCUT2D eigenvalue weighted by atomic mass is 32.2. The monoisotopic (exact) mass is 230 g/mol. The molecule has 0 aliphatic rings. The predicted octanol–water partition coefficient (Wildman–Crippen LogP) is -0.361. The zero-order chi connectivity index (χ0) is 9.78. The number of hydrogen-bond acceptors (Lipinski definition) is 6. The first-order chi connectivity index (χ1) is 5.47. The standard InChI is InChI=1S/C6H14O3S3/c7-1-4(2-8)5(3-9)6(10,11)12/h4-5,7-12H,1-3H2. The number of thiol groups is 3. The molecule has 0 fully saturated rings. The molecule has 0 spiro atoms. The van der Waals surface area contributed by atoms with Gasteiger partial charge in [0, 0.05) is 31.7 Å². The molecule has 1 atom stereocenters. The third-order valence-corrected chi connectivity index (χ3v) is 2.73. The van der Waals surface area contributed by atoms with Crippen LogP contribution in [0.1, 0.15) is 0 Å². The van der Waals surface area contributed by atoms with E-state index in [0.29, 0.717) is 0 Å². The Bertz CT molecular complexity index is 122. The molecule has 74 valence electrons. The van der Waals surface area contributed by atoms with E-state index in [2.05, 4.69) is 37.9 Å². The highest BCUT2D eigenvalue weighted by molar-refractivity contribution is 8.17. The SMILES string of the molecule is OCC(CO)C(CO)C(S)(S)S. The first-order valence-corrected chi connectivity index (χ1v) is 4.81. The van der Waals surface area contributed by atoms with Crippen molar-refractivity contribution in [2.45, 2.75) is 3.41 Å². The Hall–Kier alpha value is 0.930. The van der Waals surface area contributed by atoms with E-state index in [4.69, 9.17) is 15.3 Å². The number of rotatable bonds is 5. The van der Waals surface area contributed by atoms with Gasteiger partial charge in [-0.05, 0) is 0 Å². The van der Waals surface area contributed by atoms with Gasteiger partial charge in [-0.25, -0.2) is 0 Å². The van der Waals surface area contributed by atoms with E-state index < -0.39 is 15.2 Å². The maximum absolute atomic E-state index is 8.93. The third kappa shape index (κ3) is 3.76. The van der Waals surface area contributed by atoms with Gasteiger partial charge in [-0.15, -0.1) is 0 Å². The van der Waals surface area contributed by atoms with Crippen LogP contribution >= 0.6 is 37.9 Å². The van der Waals surface area contributed by atoms with Crippen LogP contribution in [-0.2, 0) is 0 Å². The van der Waals surface area contributed by atoms with Crippen molar-refractivity contribution in [1.82, 2.24) is 0 Å². The fourth-order valence-electron chi connectivity index (χ4n) is 0.900. The van der Waals surface area contributed by atoms with Gasteiger partial charge in [0.2, 0.25) is 0 Å². The van der Waals surface area contributed by atoms with E-state index >= 15 is 0 Å². The van der Waals surface area contributed by atoms with Gasteiger partial charge < -0.3 is 15.3 Å². The molecule has 0 saturated carbocycles. The second-order valence-electron chi connectivity index (χ2n) is 2.60. The Morgan fingerprint density at radius 3 is 1.42 bits per heavy atom. The van der Waals surface area contributed by atoms with Gasteiger partial charge in [0.1, 0.15) is 3.41 Å². The Balaban J connectivity index is 4.31. The van der Waals surface area contributed by atoms with Crippen molar-refractivity contribution < 1.29 is 15.3 Å². The van der Waals surface area contributed by atoms with Crippen LogP contribution in [0.3, 0.4) is 0 Å². The lowest BCUT2D eigenvalue weighted by molar-refractivity contribution is 0.0780. The second-order valence-corrected chi connectivity index (χ2v) is 5.78. The molecular weight excluding hydrogens is 216 g/mol. The van der Waals surface area contributed by atoms with Crippen molar-refractivity contribution in [3.8, 4) is 0 Å². The van der Waals surface area contributed by atoms with Crippen LogP contribution in [0, 0.1) is 11.8 Å². The van der Waals surface area contributed by atoms with E-state index in [-0.39, 0.29) is 19.8 Å². The molecule has 0 amide bonds. The molecule has 3 N–H and O–H groups in total. The van der Waals surface area contributed by atoms with Crippen LogP contribution in [0.25, 0.3) is 0 Å².